The number of thioether (sulfide) groups is 1. The molecule has 6 N–H and O–H groups in total. The highest BCUT2D eigenvalue weighted by molar-refractivity contribution is 8.13. The van der Waals surface area contributed by atoms with Crippen LogP contribution in [0, 0.1) is 17.1 Å². The number of hydrogen-bond donors (Lipinski definition) is 4. The molecular formula is C36H45ClFN7OS. The van der Waals surface area contributed by atoms with E-state index >= 15 is 4.39 Å². The first-order chi connectivity index (χ1) is 22.7. The molecule has 47 heavy (non-hydrogen) atoms. The number of hydrogen-bond acceptors (Lipinski definition) is 6. The fraction of sp³-hybridized carbons (Fsp3) is 0.472. The number of halogens is 2. The SMILES string of the molecule is C[C@H](N)CCCc1cc(Cl)c(F)c(-c2cc3cn(-c4ccc([C@@H]5CCC[C@@H](CCSC(=N)N)N5CCC5CC5)cc4)c(=O)nc3[nH]2)c1. The molecule has 1 saturated heterocycles. The molecule has 250 valence electrons. The molecule has 2 aliphatic rings. The summed E-state index contributed by atoms with van der Waals surface area (Å²) in [4.78, 5) is 23.3. The molecule has 1 aliphatic carbocycles. The largest absolute Gasteiger partial charge is 0.379 e. The van der Waals surface area contributed by atoms with E-state index in [0.29, 0.717) is 34.4 Å². The highest BCUT2D eigenvalue weighted by Crippen LogP contribution is 2.39. The third-order valence-corrected chi connectivity index (χ3v) is 10.7. The van der Waals surface area contributed by atoms with Gasteiger partial charge in [-0.2, -0.15) is 4.98 Å². The van der Waals surface area contributed by atoms with E-state index in [9.17, 15) is 4.79 Å². The number of likely N-dealkylation sites (tertiary alicyclic amines) is 1. The Labute approximate surface area is 285 Å². The summed E-state index contributed by atoms with van der Waals surface area (Å²) >= 11 is 7.73. The van der Waals surface area contributed by atoms with E-state index in [0.717, 1.165) is 61.6 Å². The molecule has 6 rings (SSSR count). The quantitative estimate of drug-likeness (QED) is 0.0854. The van der Waals surface area contributed by atoms with Gasteiger partial charge < -0.3 is 16.5 Å². The maximum atomic E-state index is 15.2. The summed E-state index contributed by atoms with van der Waals surface area (Å²) in [6.07, 6.45) is 12.6. The number of aromatic amines is 1. The number of piperidine rings is 1. The highest BCUT2D eigenvalue weighted by Gasteiger charge is 2.33. The van der Waals surface area contributed by atoms with Crippen LogP contribution in [-0.4, -0.2) is 49.0 Å². The summed E-state index contributed by atoms with van der Waals surface area (Å²) in [5.41, 5.74) is 15.3. The van der Waals surface area contributed by atoms with Gasteiger partial charge in [-0.1, -0.05) is 48.3 Å². The van der Waals surface area contributed by atoms with E-state index in [1.807, 2.05) is 31.2 Å². The van der Waals surface area contributed by atoms with Gasteiger partial charge >= 0.3 is 5.69 Å². The summed E-state index contributed by atoms with van der Waals surface area (Å²) in [5, 5.41) is 8.55. The lowest BCUT2D eigenvalue weighted by Crippen LogP contribution is -2.43. The molecule has 0 bridgehead atoms. The van der Waals surface area contributed by atoms with Crippen LogP contribution in [0.25, 0.3) is 28.0 Å². The first-order valence-corrected chi connectivity index (χ1v) is 18.2. The fourth-order valence-corrected chi connectivity index (χ4v) is 7.83. The van der Waals surface area contributed by atoms with Crippen LogP contribution in [-0.2, 0) is 6.42 Å². The van der Waals surface area contributed by atoms with Gasteiger partial charge in [0.2, 0.25) is 0 Å². The van der Waals surface area contributed by atoms with Crippen LogP contribution in [0.2, 0.25) is 5.02 Å². The van der Waals surface area contributed by atoms with Gasteiger partial charge in [-0.05, 0) is 112 Å². The second-order valence-corrected chi connectivity index (χ2v) is 14.9. The number of aromatic nitrogens is 3. The van der Waals surface area contributed by atoms with Gasteiger partial charge in [0.25, 0.3) is 0 Å². The fourth-order valence-electron chi connectivity index (χ4n) is 6.98. The van der Waals surface area contributed by atoms with Crippen molar-refractivity contribution in [2.45, 2.75) is 89.3 Å². The van der Waals surface area contributed by atoms with Gasteiger partial charge in [-0.25, -0.2) is 9.18 Å². The smallest absolute Gasteiger partial charge is 0.354 e. The molecule has 2 fully saturated rings. The van der Waals surface area contributed by atoms with Crippen LogP contribution >= 0.6 is 23.4 Å². The predicted octanol–water partition coefficient (Wildman–Crippen LogP) is 7.56. The van der Waals surface area contributed by atoms with Crippen molar-refractivity contribution in [3.05, 3.63) is 81.1 Å². The number of rotatable bonds is 13. The normalized spacial score (nSPS) is 19.3. The van der Waals surface area contributed by atoms with Gasteiger partial charge in [0.05, 0.1) is 16.4 Å². The molecule has 0 amide bonds. The lowest BCUT2D eigenvalue weighted by Gasteiger charge is -2.43. The minimum Gasteiger partial charge on any atom is -0.379 e. The number of H-pyrrole nitrogens is 1. The monoisotopic (exact) mass is 677 g/mol. The van der Waals surface area contributed by atoms with Crippen molar-refractivity contribution in [1.82, 2.24) is 19.4 Å². The van der Waals surface area contributed by atoms with Crippen molar-refractivity contribution >= 4 is 39.6 Å². The molecule has 3 heterocycles. The van der Waals surface area contributed by atoms with Gasteiger partial charge in [0.1, 0.15) is 5.65 Å². The van der Waals surface area contributed by atoms with Gasteiger partial charge in [0.15, 0.2) is 11.0 Å². The van der Waals surface area contributed by atoms with Crippen molar-refractivity contribution in [1.29, 1.82) is 5.41 Å². The van der Waals surface area contributed by atoms with E-state index in [2.05, 4.69) is 27.0 Å². The third kappa shape index (κ3) is 8.28. The first-order valence-electron chi connectivity index (χ1n) is 16.9. The van der Waals surface area contributed by atoms with Crippen LogP contribution in [0.3, 0.4) is 0 Å². The second-order valence-electron chi connectivity index (χ2n) is 13.4. The van der Waals surface area contributed by atoms with Gasteiger partial charge in [-0.15, -0.1) is 0 Å². The summed E-state index contributed by atoms with van der Waals surface area (Å²) in [7, 11) is 0. The van der Waals surface area contributed by atoms with Crippen LogP contribution in [0.4, 0.5) is 4.39 Å². The molecule has 8 nitrogen and oxygen atoms in total. The number of nitrogens with zero attached hydrogens (tertiary/aromatic N) is 3. The Bertz CT molecular complexity index is 1770. The van der Waals surface area contributed by atoms with Crippen LogP contribution in [0.5, 0.6) is 0 Å². The van der Waals surface area contributed by atoms with Crippen molar-refractivity contribution < 1.29 is 4.39 Å². The molecule has 11 heteroatoms. The number of fused-ring (bicyclic) bond motifs is 1. The number of amidine groups is 1. The minimum absolute atomic E-state index is 0.0647. The molecule has 0 spiro atoms. The molecule has 3 atom stereocenters. The minimum atomic E-state index is -0.506. The number of nitrogens with one attached hydrogen (secondary N) is 2. The molecule has 2 aromatic heterocycles. The predicted molar refractivity (Wildman–Crippen MR) is 192 cm³/mol. The molecule has 4 aromatic rings. The number of benzene rings is 2. The topological polar surface area (TPSA) is 130 Å². The van der Waals surface area contributed by atoms with Crippen molar-refractivity contribution in [2.24, 2.45) is 17.4 Å². The van der Waals surface area contributed by atoms with Crippen LogP contribution < -0.4 is 17.2 Å². The van der Waals surface area contributed by atoms with Crippen molar-refractivity contribution in [3.8, 4) is 16.9 Å². The zero-order valence-corrected chi connectivity index (χ0v) is 28.6. The Kier molecular flexibility index (Phi) is 10.7. The molecular weight excluding hydrogens is 633 g/mol. The molecule has 1 aliphatic heterocycles. The summed E-state index contributed by atoms with van der Waals surface area (Å²) < 4.78 is 16.8. The van der Waals surface area contributed by atoms with Crippen LogP contribution in [0.15, 0.2) is 53.5 Å². The average molecular weight is 678 g/mol. The maximum absolute atomic E-state index is 15.2. The number of nitrogens with two attached hydrogens (primary N) is 2. The summed E-state index contributed by atoms with van der Waals surface area (Å²) in [6, 6.07) is 14.5. The van der Waals surface area contributed by atoms with E-state index in [4.69, 9.17) is 28.5 Å². The first kappa shape index (κ1) is 33.7. The molecule has 1 saturated carbocycles. The van der Waals surface area contributed by atoms with E-state index in [1.165, 1.54) is 49.4 Å². The van der Waals surface area contributed by atoms with Gasteiger partial charge in [0, 0.05) is 41.0 Å². The lowest BCUT2D eigenvalue weighted by atomic mass is 9.89. The average Bonchev–Trinajstić information content (AvgIpc) is 3.78. The Morgan fingerprint density at radius 3 is 2.68 bits per heavy atom. The Morgan fingerprint density at radius 2 is 1.96 bits per heavy atom. The second kappa shape index (κ2) is 14.9. The third-order valence-electron chi connectivity index (χ3n) is 9.65. The maximum Gasteiger partial charge on any atom is 0.354 e. The molecule has 0 unspecified atom stereocenters. The van der Waals surface area contributed by atoms with E-state index in [1.54, 1.807) is 16.8 Å². The highest BCUT2D eigenvalue weighted by atomic mass is 35.5. The zero-order valence-electron chi connectivity index (χ0n) is 27.0. The summed E-state index contributed by atoms with van der Waals surface area (Å²) in [5.74, 6) is 1.22. The molecule has 0 radical (unpaired) electrons. The molecule has 2 aromatic carbocycles. The Morgan fingerprint density at radius 1 is 1.17 bits per heavy atom. The van der Waals surface area contributed by atoms with Gasteiger partial charge in [-0.3, -0.25) is 14.9 Å². The van der Waals surface area contributed by atoms with Crippen LogP contribution in [0.1, 0.15) is 81.9 Å². The number of aryl methyl sites for hydroxylation is 1. The van der Waals surface area contributed by atoms with Crippen molar-refractivity contribution in [3.63, 3.8) is 0 Å². The Balaban J connectivity index is 1.23. The summed E-state index contributed by atoms with van der Waals surface area (Å²) in [6.45, 7) is 3.06. The van der Waals surface area contributed by atoms with E-state index < -0.39 is 11.5 Å². The zero-order chi connectivity index (χ0) is 33.1. The van der Waals surface area contributed by atoms with Crippen molar-refractivity contribution in [2.75, 3.05) is 12.3 Å². The Hall–Kier alpha value is -3.18. The lowest BCUT2D eigenvalue weighted by molar-refractivity contribution is 0.0774. The standard InChI is InChI=1S/C36H45ClFN7OS/c1-22(39)4-2-5-24-18-29(33(38)30(37)19-24)31-20-26-21-45(36(46)43-34(26)42-31)28-12-10-25(11-13-28)32-7-3-6-27(15-17-47-35(40)41)44(32)16-14-23-8-9-23/h10-13,18-23,27,32H,2-9,14-17,39H2,1H3,(H3,40,41)(H,42,43,46)/t22-,27-,32-/m0/s1. The van der Waals surface area contributed by atoms with E-state index in [-0.39, 0.29) is 16.2 Å².